The molecular weight excluding hydrogens is 476 g/mol. The third-order valence-corrected chi connectivity index (χ3v) is 14.0. The van der Waals surface area contributed by atoms with Gasteiger partial charge in [0.05, 0.1) is 19.1 Å². The molecule has 4 aliphatic carbocycles. The van der Waals surface area contributed by atoms with Crippen LogP contribution in [0.5, 0.6) is 0 Å². The van der Waals surface area contributed by atoms with E-state index in [-0.39, 0.29) is 51.0 Å². The van der Waals surface area contributed by atoms with Crippen molar-refractivity contribution >= 4 is 11.9 Å². The van der Waals surface area contributed by atoms with Crippen molar-refractivity contribution in [3.8, 4) is 0 Å². The van der Waals surface area contributed by atoms with E-state index in [1.807, 2.05) is 0 Å². The molecule has 1 heterocycles. The molecule has 0 amide bonds. The molecule has 5 nitrogen and oxygen atoms in total. The monoisotopic (exact) mass is 528 g/mol. The summed E-state index contributed by atoms with van der Waals surface area (Å²) >= 11 is 0. The summed E-state index contributed by atoms with van der Waals surface area (Å²) < 4.78 is 12.4. The van der Waals surface area contributed by atoms with Crippen molar-refractivity contribution in [2.75, 3.05) is 13.2 Å². The van der Waals surface area contributed by atoms with Gasteiger partial charge in [0, 0.05) is 23.7 Å². The van der Waals surface area contributed by atoms with Crippen molar-refractivity contribution in [3.63, 3.8) is 0 Å². The predicted molar refractivity (Wildman–Crippen MR) is 148 cm³/mol. The van der Waals surface area contributed by atoms with E-state index in [2.05, 4.69) is 61.5 Å². The zero-order valence-electron chi connectivity index (χ0n) is 25.4. The van der Waals surface area contributed by atoms with Gasteiger partial charge in [0.2, 0.25) is 0 Å². The standard InChI is InChI=1S/C33H52O5/c1-19(2)20(3)29(6)14-15-31(8)23-10-11-26-30(7)17-37-18-33(26,16-25(21(30)4)38-22(5)34)24(23)12-13-32(31,9)27(29)28(35)36/h12,19-21,23,25-27H,10-11,13-18H2,1-9H3,(H,35,36)/t20-,21+,23+,25-,26+,27-,29-,30-,31-,32+,33+/m1/s1. The van der Waals surface area contributed by atoms with Crippen molar-refractivity contribution < 1.29 is 24.2 Å². The number of esters is 1. The van der Waals surface area contributed by atoms with Crippen molar-refractivity contribution in [1.29, 1.82) is 0 Å². The van der Waals surface area contributed by atoms with Gasteiger partial charge >= 0.3 is 11.9 Å². The third-order valence-electron chi connectivity index (χ3n) is 14.0. The summed E-state index contributed by atoms with van der Waals surface area (Å²) in [4.78, 5) is 25.3. The molecule has 5 aliphatic rings. The molecule has 0 aromatic rings. The molecule has 4 fully saturated rings. The molecule has 214 valence electrons. The van der Waals surface area contributed by atoms with Gasteiger partial charge in [-0.25, -0.2) is 0 Å². The minimum Gasteiger partial charge on any atom is -0.481 e. The van der Waals surface area contributed by atoms with Crippen LogP contribution in [-0.4, -0.2) is 36.4 Å². The fraction of sp³-hybridized carbons (Fsp3) is 0.879. The maximum atomic E-state index is 13.2. The number of carboxylic acid groups (broad SMARTS) is 1. The van der Waals surface area contributed by atoms with E-state index in [0.29, 0.717) is 30.3 Å². The van der Waals surface area contributed by atoms with Crippen LogP contribution < -0.4 is 0 Å². The first-order chi connectivity index (χ1) is 17.6. The number of rotatable bonds is 4. The zero-order chi connectivity index (χ0) is 28.1. The molecule has 2 bridgehead atoms. The van der Waals surface area contributed by atoms with Gasteiger partial charge in [-0.3, -0.25) is 9.59 Å². The van der Waals surface area contributed by atoms with Gasteiger partial charge in [0.15, 0.2) is 0 Å². The Balaban J connectivity index is 1.62. The van der Waals surface area contributed by atoms with E-state index >= 15 is 0 Å². The van der Waals surface area contributed by atoms with E-state index in [9.17, 15) is 14.7 Å². The lowest BCUT2D eigenvalue weighted by molar-refractivity contribution is -0.239. The lowest BCUT2D eigenvalue weighted by atomic mass is 9.34. The summed E-state index contributed by atoms with van der Waals surface area (Å²) in [6.07, 6.45) is 8.26. The van der Waals surface area contributed by atoms with Crippen LogP contribution in [0.3, 0.4) is 0 Å². The SMILES string of the molecule is CC(=O)O[C@@H]1C[C@@]23COC[C@@](C)([C@@H]2CC[C@H]2C3=CC[C@@]3(C)[C@H](C(=O)O)[C@@](C)([C@H](C)C(C)C)CC[C@]23C)[C@H]1C. The molecule has 1 aliphatic heterocycles. The minimum atomic E-state index is -0.618. The zero-order valence-corrected chi connectivity index (χ0v) is 25.4. The summed E-state index contributed by atoms with van der Waals surface area (Å²) in [5, 5.41) is 10.8. The fourth-order valence-electron chi connectivity index (χ4n) is 11.2. The fourth-order valence-corrected chi connectivity index (χ4v) is 11.2. The second-order valence-corrected chi connectivity index (χ2v) is 15.5. The average molecular weight is 529 g/mol. The number of carbonyl (C=O) groups excluding carboxylic acids is 1. The largest absolute Gasteiger partial charge is 0.481 e. The molecule has 0 spiro atoms. The Morgan fingerprint density at radius 2 is 1.74 bits per heavy atom. The highest BCUT2D eigenvalue weighted by Crippen LogP contribution is 2.75. The Kier molecular flexibility index (Phi) is 6.54. The highest BCUT2D eigenvalue weighted by atomic mass is 16.5. The van der Waals surface area contributed by atoms with Crippen LogP contribution in [0.4, 0.5) is 0 Å². The van der Waals surface area contributed by atoms with E-state index in [4.69, 9.17) is 9.47 Å². The van der Waals surface area contributed by atoms with Crippen LogP contribution in [0.25, 0.3) is 0 Å². The minimum absolute atomic E-state index is 0.0362. The molecule has 5 heteroatoms. The molecular formula is C33H52O5. The summed E-state index contributed by atoms with van der Waals surface area (Å²) in [7, 11) is 0. The first kappa shape index (κ1) is 28.2. The predicted octanol–water partition coefficient (Wildman–Crippen LogP) is 7.14. The summed E-state index contributed by atoms with van der Waals surface area (Å²) in [6, 6.07) is 0. The number of allylic oxidation sites excluding steroid dienone is 1. The van der Waals surface area contributed by atoms with Crippen molar-refractivity contribution in [3.05, 3.63) is 11.6 Å². The average Bonchev–Trinajstić information content (AvgIpc) is 2.82. The Morgan fingerprint density at radius 3 is 2.34 bits per heavy atom. The van der Waals surface area contributed by atoms with Crippen LogP contribution in [0, 0.1) is 62.6 Å². The van der Waals surface area contributed by atoms with Crippen molar-refractivity contribution in [2.24, 2.45) is 62.6 Å². The lowest BCUT2D eigenvalue weighted by Gasteiger charge is -2.71. The summed E-state index contributed by atoms with van der Waals surface area (Å²) in [5.41, 5.74) is 0.700. The van der Waals surface area contributed by atoms with Gasteiger partial charge in [-0.05, 0) is 78.4 Å². The molecule has 0 aromatic carbocycles. The summed E-state index contributed by atoms with van der Waals surface area (Å²) in [5.74, 6) is 0.676. The van der Waals surface area contributed by atoms with Crippen molar-refractivity contribution in [1.82, 2.24) is 0 Å². The molecule has 5 rings (SSSR count). The van der Waals surface area contributed by atoms with Gasteiger partial charge in [-0.15, -0.1) is 0 Å². The molecule has 11 atom stereocenters. The van der Waals surface area contributed by atoms with Crippen LogP contribution in [0.15, 0.2) is 11.6 Å². The molecule has 1 saturated heterocycles. The smallest absolute Gasteiger partial charge is 0.307 e. The van der Waals surface area contributed by atoms with E-state index in [1.165, 1.54) is 12.5 Å². The number of fused-ring (bicyclic) bond motifs is 3. The molecule has 0 unspecified atom stereocenters. The number of carboxylic acids is 1. The highest BCUT2D eigenvalue weighted by molar-refractivity contribution is 5.73. The van der Waals surface area contributed by atoms with Crippen LogP contribution >= 0.6 is 0 Å². The second-order valence-electron chi connectivity index (χ2n) is 15.5. The van der Waals surface area contributed by atoms with E-state index in [0.717, 1.165) is 45.1 Å². The van der Waals surface area contributed by atoms with Crippen molar-refractivity contribution in [2.45, 2.75) is 107 Å². The number of hydrogen-bond donors (Lipinski definition) is 1. The maximum Gasteiger partial charge on any atom is 0.307 e. The number of aliphatic carboxylic acids is 1. The highest BCUT2D eigenvalue weighted by Gasteiger charge is 2.71. The number of carbonyl (C=O) groups is 2. The number of ether oxygens (including phenoxy) is 2. The normalized spacial score (nSPS) is 50.7. The molecule has 0 aromatic heterocycles. The van der Waals surface area contributed by atoms with Gasteiger partial charge in [0.1, 0.15) is 6.10 Å². The lowest BCUT2D eigenvalue weighted by Crippen LogP contribution is -2.68. The van der Waals surface area contributed by atoms with Gasteiger partial charge in [0.25, 0.3) is 0 Å². The molecule has 3 saturated carbocycles. The molecule has 38 heavy (non-hydrogen) atoms. The van der Waals surface area contributed by atoms with E-state index < -0.39 is 5.97 Å². The van der Waals surface area contributed by atoms with Crippen LogP contribution in [0.2, 0.25) is 0 Å². The molecule has 1 N–H and O–H groups in total. The quantitative estimate of drug-likeness (QED) is 0.310. The first-order valence-electron chi connectivity index (χ1n) is 15.3. The van der Waals surface area contributed by atoms with E-state index in [1.54, 1.807) is 0 Å². The third kappa shape index (κ3) is 3.45. The Labute approximate surface area is 230 Å². The Morgan fingerprint density at radius 1 is 1.05 bits per heavy atom. The molecule has 0 radical (unpaired) electrons. The number of hydrogen-bond acceptors (Lipinski definition) is 4. The second kappa shape index (κ2) is 8.82. The van der Waals surface area contributed by atoms with Gasteiger partial charge < -0.3 is 14.6 Å². The van der Waals surface area contributed by atoms with Gasteiger partial charge in [-0.1, -0.05) is 67.0 Å². The van der Waals surface area contributed by atoms with Crippen LogP contribution in [-0.2, 0) is 19.1 Å². The first-order valence-corrected chi connectivity index (χ1v) is 15.3. The topological polar surface area (TPSA) is 72.8 Å². The van der Waals surface area contributed by atoms with Gasteiger partial charge in [-0.2, -0.15) is 0 Å². The Hall–Kier alpha value is -1.36. The maximum absolute atomic E-state index is 13.2. The van der Waals surface area contributed by atoms with Crippen LogP contribution in [0.1, 0.15) is 101 Å². The Bertz CT molecular complexity index is 1030. The summed E-state index contributed by atoms with van der Waals surface area (Å²) in [6.45, 7) is 21.3.